The molecule has 0 heterocycles. The SMILES string of the molecule is COC(=O)C(NC(=O)[C@@H]1CCC[C@@H]1CN)c1ccccc1. The first-order chi connectivity index (χ1) is 10.2. The van der Waals surface area contributed by atoms with Crippen molar-refractivity contribution in [3.63, 3.8) is 0 Å². The van der Waals surface area contributed by atoms with Crippen molar-refractivity contribution in [2.45, 2.75) is 25.3 Å². The Morgan fingerprint density at radius 3 is 2.67 bits per heavy atom. The fourth-order valence-electron chi connectivity index (χ4n) is 2.96. The molecule has 5 nitrogen and oxygen atoms in total. The Morgan fingerprint density at radius 1 is 1.33 bits per heavy atom. The van der Waals surface area contributed by atoms with E-state index in [-0.39, 0.29) is 17.7 Å². The molecule has 1 aromatic carbocycles. The molecule has 1 aromatic rings. The van der Waals surface area contributed by atoms with Gasteiger partial charge in [-0.25, -0.2) is 4.79 Å². The Morgan fingerprint density at radius 2 is 2.05 bits per heavy atom. The summed E-state index contributed by atoms with van der Waals surface area (Å²) in [6.07, 6.45) is 2.81. The van der Waals surface area contributed by atoms with E-state index in [9.17, 15) is 9.59 Å². The van der Waals surface area contributed by atoms with Gasteiger partial charge in [0, 0.05) is 5.92 Å². The summed E-state index contributed by atoms with van der Waals surface area (Å²) in [5.74, 6) is -0.469. The maximum absolute atomic E-state index is 12.4. The third-order valence-electron chi connectivity index (χ3n) is 4.15. The second kappa shape index (κ2) is 7.22. The number of nitrogens with two attached hydrogens (primary N) is 1. The van der Waals surface area contributed by atoms with Crippen molar-refractivity contribution >= 4 is 11.9 Å². The average molecular weight is 290 g/mol. The lowest BCUT2D eigenvalue weighted by molar-refractivity contribution is -0.146. The van der Waals surface area contributed by atoms with E-state index in [0.29, 0.717) is 6.54 Å². The van der Waals surface area contributed by atoms with Gasteiger partial charge in [-0.2, -0.15) is 0 Å². The second-order valence-electron chi connectivity index (χ2n) is 5.41. The lowest BCUT2D eigenvalue weighted by Crippen LogP contribution is -2.40. The molecular formula is C16H22N2O3. The quantitative estimate of drug-likeness (QED) is 0.803. The molecule has 1 saturated carbocycles. The fraction of sp³-hybridized carbons (Fsp3) is 0.500. The topological polar surface area (TPSA) is 81.4 Å². The molecule has 0 saturated heterocycles. The van der Waals surface area contributed by atoms with Gasteiger partial charge in [-0.05, 0) is 30.9 Å². The van der Waals surface area contributed by atoms with Crippen LogP contribution in [-0.4, -0.2) is 25.5 Å². The smallest absolute Gasteiger partial charge is 0.333 e. The summed E-state index contributed by atoms with van der Waals surface area (Å²) in [6.45, 7) is 0.506. The van der Waals surface area contributed by atoms with Gasteiger partial charge in [0.2, 0.25) is 5.91 Å². The maximum Gasteiger partial charge on any atom is 0.333 e. The number of hydrogen-bond acceptors (Lipinski definition) is 4. The minimum atomic E-state index is -0.761. The lowest BCUT2D eigenvalue weighted by atomic mass is 9.94. The first-order valence-electron chi connectivity index (χ1n) is 7.30. The van der Waals surface area contributed by atoms with Crippen LogP contribution in [0.5, 0.6) is 0 Å². The number of rotatable bonds is 5. The highest BCUT2D eigenvalue weighted by Crippen LogP contribution is 2.31. The molecule has 0 aliphatic heterocycles. The van der Waals surface area contributed by atoms with Crippen LogP contribution < -0.4 is 11.1 Å². The highest BCUT2D eigenvalue weighted by molar-refractivity contribution is 5.86. The number of ether oxygens (including phenoxy) is 1. The first-order valence-corrected chi connectivity index (χ1v) is 7.30. The van der Waals surface area contributed by atoms with Crippen molar-refractivity contribution < 1.29 is 14.3 Å². The summed E-state index contributed by atoms with van der Waals surface area (Å²) in [4.78, 5) is 24.4. The monoisotopic (exact) mass is 290 g/mol. The third-order valence-corrected chi connectivity index (χ3v) is 4.15. The normalized spacial score (nSPS) is 22.6. The standard InChI is InChI=1S/C16H22N2O3/c1-21-16(20)14(11-6-3-2-4-7-11)18-15(19)13-9-5-8-12(13)10-17/h2-4,6-7,12-14H,5,8-10,17H2,1H3,(H,18,19)/t12-,13-,14?/m1/s1. The minimum absolute atomic E-state index is 0.106. The molecule has 1 aliphatic carbocycles. The second-order valence-corrected chi connectivity index (χ2v) is 5.41. The Kier molecular flexibility index (Phi) is 5.33. The van der Waals surface area contributed by atoms with Crippen molar-refractivity contribution in [2.75, 3.05) is 13.7 Å². The Labute approximate surface area is 124 Å². The van der Waals surface area contributed by atoms with Crippen molar-refractivity contribution in [1.29, 1.82) is 0 Å². The lowest BCUT2D eigenvalue weighted by Gasteiger charge is -2.22. The average Bonchev–Trinajstić information content (AvgIpc) is 3.01. The van der Waals surface area contributed by atoms with Crippen LogP contribution in [-0.2, 0) is 14.3 Å². The minimum Gasteiger partial charge on any atom is -0.467 e. The number of carbonyl (C=O) groups is 2. The summed E-state index contributed by atoms with van der Waals surface area (Å²) < 4.78 is 4.81. The molecule has 3 atom stereocenters. The van der Waals surface area contributed by atoms with E-state index in [2.05, 4.69) is 5.32 Å². The van der Waals surface area contributed by atoms with Gasteiger partial charge in [-0.1, -0.05) is 36.8 Å². The molecule has 1 fully saturated rings. The van der Waals surface area contributed by atoms with E-state index in [1.807, 2.05) is 18.2 Å². The van der Waals surface area contributed by atoms with E-state index in [4.69, 9.17) is 10.5 Å². The summed E-state index contributed by atoms with van der Waals surface area (Å²) in [5.41, 5.74) is 6.44. The zero-order valence-corrected chi connectivity index (χ0v) is 12.2. The number of esters is 1. The summed E-state index contributed by atoms with van der Waals surface area (Å²) >= 11 is 0. The molecule has 2 rings (SSSR count). The number of carbonyl (C=O) groups excluding carboxylic acids is 2. The van der Waals surface area contributed by atoms with Gasteiger partial charge in [0.05, 0.1) is 7.11 Å². The maximum atomic E-state index is 12.4. The van der Waals surface area contributed by atoms with E-state index in [0.717, 1.165) is 24.8 Å². The van der Waals surface area contributed by atoms with Gasteiger partial charge in [-0.15, -0.1) is 0 Å². The highest BCUT2D eigenvalue weighted by atomic mass is 16.5. The number of nitrogens with one attached hydrogen (secondary N) is 1. The van der Waals surface area contributed by atoms with Gasteiger partial charge >= 0.3 is 5.97 Å². The zero-order chi connectivity index (χ0) is 15.2. The van der Waals surface area contributed by atoms with Crippen LogP contribution >= 0.6 is 0 Å². The molecule has 114 valence electrons. The fourth-order valence-corrected chi connectivity index (χ4v) is 2.96. The third kappa shape index (κ3) is 3.61. The van der Waals surface area contributed by atoms with E-state index in [1.54, 1.807) is 12.1 Å². The van der Waals surface area contributed by atoms with Crippen molar-refractivity contribution in [3.8, 4) is 0 Å². The zero-order valence-electron chi connectivity index (χ0n) is 12.2. The number of benzene rings is 1. The highest BCUT2D eigenvalue weighted by Gasteiger charge is 2.34. The van der Waals surface area contributed by atoms with Crippen molar-refractivity contribution in [3.05, 3.63) is 35.9 Å². The van der Waals surface area contributed by atoms with E-state index < -0.39 is 12.0 Å². The van der Waals surface area contributed by atoms with Crippen molar-refractivity contribution in [1.82, 2.24) is 5.32 Å². The van der Waals surface area contributed by atoms with Crippen molar-refractivity contribution in [2.24, 2.45) is 17.6 Å². The van der Waals surface area contributed by atoms with Gasteiger partial charge in [0.15, 0.2) is 6.04 Å². The Balaban J connectivity index is 2.12. The first kappa shape index (κ1) is 15.5. The van der Waals surface area contributed by atoms with Crippen LogP contribution in [0.15, 0.2) is 30.3 Å². The van der Waals surface area contributed by atoms with Crippen LogP contribution in [0.3, 0.4) is 0 Å². The molecule has 3 N–H and O–H groups in total. The van der Waals surface area contributed by atoms with Crippen LogP contribution in [0.1, 0.15) is 30.9 Å². The van der Waals surface area contributed by atoms with Gasteiger partial charge in [0.1, 0.15) is 0 Å². The molecule has 5 heteroatoms. The largest absolute Gasteiger partial charge is 0.467 e. The molecule has 21 heavy (non-hydrogen) atoms. The van der Waals surface area contributed by atoms with Gasteiger partial charge in [0.25, 0.3) is 0 Å². The predicted molar refractivity (Wildman–Crippen MR) is 79.2 cm³/mol. The molecule has 1 amide bonds. The van der Waals surface area contributed by atoms with E-state index >= 15 is 0 Å². The molecule has 0 aromatic heterocycles. The summed E-state index contributed by atoms with van der Waals surface area (Å²) in [7, 11) is 1.32. The predicted octanol–water partition coefficient (Wildman–Crippen LogP) is 1.39. The molecule has 0 bridgehead atoms. The van der Waals surface area contributed by atoms with Crippen LogP contribution in [0.25, 0.3) is 0 Å². The van der Waals surface area contributed by atoms with Crippen LogP contribution in [0.4, 0.5) is 0 Å². The molecular weight excluding hydrogens is 268 g/mol. The summed E-state index contributed by atoms with van der Waals surface area (Å²) in [5, 5.41) is 2.82. The van der Waals surface area contributed by atoms with Crippen LogP contribution in [0.2, 0.25) is 0 Å². The van der Waals surface area contributed by atoms with E-state index in [1.165, 1.54) is 7.11 Å². The number of hydrogen-bond donors (Lipinski definition) is 2. The number of amides is 1. The molecule has 1 aliphatic rings. The molecule has 1 unspecified atom stereocenters. The molecule has 0 spiro atoms. The summed E-state index contributed by atoms with van der Waals surface area (Å²) in [6, 6.07) is 8.36. The Hall–Kier alpha value is -1.88. The van der Waals surface area contributed by atoms with Gasteiger partial charge in [-0.3, -0.25) is 4.79 Å². The Bertz CT molecular complexity index is 490. The number of methoxy groups -OCH3 is 1. The molecule has 0 radical (unpaired) electrons. The van der Waals surface area contributed by atoms with Crippen LogP contribution in [0, 0.1) is 11.8 Å². The van der Waals surface area contributed by atoms with Gasteiger partial charge < -0.3 is 15.8 Å².